The van der Waals surface area contributed by atoms with E-state index in [0.29, 0.717) is 24.2 Å². The van der Waals surface area contributed by atoms with E-state index in [1.54, 1.807) is 31.4 Å². The molecule has 0 aliphatic heterocycles. The summed E-state index contributed by atoms with van der Waals surface area (Å²) in [4.78, 5) is 35.0. The van der Waals surface area contributed by atoms with E-state index in [0.717, 1.165) is 6.42 Å². The molecule has 1 aliphatic carbocycles. The van der Waals surface area contributed by atoms with Crippen molar-refractivity contribution >= 4 is 17.7 Å². The van der Waals surface area contributed by atoms with Crippen molar-refractivity contribution in [2.45, 2.75) is 37.6 Å². The largest absolute Gasteiger partial charge is 0.497 e. The third-order valence-corrected chi connectivity index (χ3v) is 3.99. The van der Waals surface area contributed by atoms with Crippen molar-refractivity contribution in [3.05, 3.63) is 29.8 Å². The molecule has 2 N–H and O–H groups in total. The van der Waals surface area contributed by atoms with Crippen LogP contribution in [0.4, 0.5) is 0 Å². The molecule has 0 aromatic heterocycles. The Balaban J connectivity index is 1.85. The van der Waals surface area contributed by atoms with Gasteiger partial charge in [-0.2, -0.15) is 0 Å². The average molecular weight is 305 g/mol. The molecule has 6 nitrogen and oxygen atoms in total. The number of ketones is 1. The lowest BCUT2D eigenvalue weighted by Crippen LogP contribution is -2.59. The van der Waals surface area contributed by atoms with Crippen molar-refractivity contribution in [2.24, 2.45) is 0 Å². The molecule has 1 aromatic rings. The minimum atomic E-state index is -1.12. The number of amides is 1. The first-order valence-corrected chi connectivity index (χ1v) is 7.18. The Morgan fingerprint density at radius 2 is 1.82 bits per heavy atom. The Hall–Kier alpha value is -2.37. The third kappa shape index (κ3) is 3.44. The van der Waals surface area contributed by atoms with Crippen molar-refractivity contribution in [3.63, 3.8) is 0 Å². The van der Waals surface area contributed by atoms with Gasteiger partial charge in [0.25, 0.3) is 0 Å². The number of benzene rings is 1. The fourth-order valence-electron chi connectivity index (χ4n) is 2.40. The highest BCUT2D eigenvalue weighted by Crippen LogP contribution is 2.32. The molecule has 0 unspecified atom stereocenters. The first kappa shape index (κ1) is 16.0. The van der Waals surface area contributed by atoms with Gasteiger partial charge in [-0.05, 0) is 43.5 Å². The second-order valence-electron chi connectivity index (χ2n) is 5.44. The van der Waals surface area contributed by atoms with Crippen molar-refractivity contribution in [1.29, 1.82) is 0 Å². The zero-order chi connectivity index (χ0) is 16.2. The van der Waals surface area contributed by atoms with Crippen LogP contribution in [-0.4, -0.2) is 35.4 Å². The van der Waals surface area contributed by atoms with E-state index in [1.807, 2.05) is 0 Å². The van der Waals surface area contributed by atoms with E-state index >= 15 is 0 Å². The lowest BCUT2D eigenvalue weighted by Gasteiger charge is -2.38. The second-order valence-corrected chi connectivity index (χ2v) is 5.44. The number of aliphatic carboxylic acids is 1. The first-order chi connectivity index (χ1) is 10.5. The zero-order valence-corrected chi connectivity index (χ0v) is 12.4. The SMILES string of the molecule is COc1ccc(C(=O)CCC(=O)NC2(C(=O)O)CCC2)cc1. The van der Waals surface area contributed by atoms with Gasteiger partial charge in [-0.25, -0.2) is 4.79 Å². The van der Waals surface area contributed by atoms with Crippen LogP contribution in [0, 0.1) is 0 Å². The average Bonchev–Trinajstić information content (AvgIpc) is 2.48. The molecule has 1 aliphatic rings. The minimum absolute atomic E-state index is 0.0140. The molecule has 6 heteroatoms. The van der Waals surface area contributed by atoms with Crippen LogP contribution in [0.2, 0.25) is 0 Å². The molecule has 0 heterocycles. The van der Waals surface area contributed by atoms with Crippen LogP contribution in [0.5, 0.6) is 5.75 Å². The minimum Gasteiger partial charge on any atom is -0.497 e. The van der Waals surface area contributed by atoms with Crippen molar-refractivity contribution in [3.8, 4) is 5.75 Å². The molecular formula is C16H19NO5. The lowest BCUT2D eigenvalue weighted by molar-refractivity contribution is -0.151. The van der Waals surface area contributed by atoms with E-state index in [4.69, 9.17) is 9.84 Å². The molecule has 0 radical (unpaired) electrons. The number of ether oxygens (including phenoxy) is 1. The summed E-state index contributed by atoms with van der Waals surface area (Å²) in [5.74, 6) is -0.906. The monoisotopic (exact) mass is 305 g/mol. The predicted molar refractivity (Wildman–Crippen MR) is 78.9 cm³/mol. The number of carboxylic acids is 1. The number of carboxylic acid groups (broad SMARTS) is 1. The molecular weight excluding hydrogens is 286 g/mol. The van der Waals surface area contributed by atoms with Crippen LogP contribution in [0.1, 0.15) is 42.5 Å². The highest BCUT2D eigenvalue weighted by Gasteiger charge is 2.45. The fourth-order valence-corrected chi connectivity index (χ4v) is 2.40. The summed E-state index contributed by atoms with van der Waals surface area (Å²) >= 11 is 0. The summed E-state index contributed by atoms with van der Waals surface area (Å²) in [6, 6.07) is 6.65. The van der Waals surface area contributed by atoms with Gasteiger partial charge in [-0.3, -0.25) is 9.59 Å². The molecule has 1 fully saturated rings. The number of rotatable bonds is 7. The van der Waals surface area contributed by atoms with Gasteiger partial charge in [0.05, 0.1) is 7.11 Å². The maximum atomic E-state index is 12.0. The molecule has 2 rings (SSSR count). The Kier molecular flexibility index (Phi) is 4.80. The fraction of sp³-hybridized carbons (Fsp3) is 0.438. The van der Waals surface area contributed by atoms with Crippen molar-refractivity contribution in [1.82, 2.24) is 5.32 Å². The van der Waals surface area contributed by atoms with Gasteiger partial charge in [0.1, 0.15) is 11.3 Å². The molecule has 0 bridgehead atoms. The normalized spacial score (nSPS) is 15.5. The molecule has 22 heavy (non-hydrogen) atoms. The van der Waals surface area contributed by atoms with Gasteiger partial charge in [-0.15, -0.1) is 0 Å². The van der Waals surface area contributed by atoms with E-state index in [9.17, 15) is 14.4 Å². The summed E-state index contributed by atoms with van der Waals surface area (Å²) in [5.41, 5.74) is -0.620. The van der Waals surface area contributed by atoms with E-state index in [1.165, 1.54) is 0 Å². The van der Waals surface area contributed by atoms with Crippen LogP contribution in [0.25, 0.3) is 0 Å². The molecule has 1 aromatic carbocycles. The summed E-state index contributed by atoms with van der Waals surface area (Å²) < 4.78 is 5.01. The highest BCUT2D eigenvalue weighted by molar-refractivity contribution is 5.98. The van der Waals surface area contributed by atoms with E-state index < -0.39 is 17.4 Å². The topological polar surface area (TPSA) is 92.7 Å². The molecule has 0 spiro atoms. The number of hydrogen-bond acceptors (Lipinski definition) is 4. The van der Waals surface area contributed by atoms with Crippen LogP contribution in [-0.2, 0) is 9.59 Å². The zero-order valence-electron chi connectivity index (χ0n) is 12.4. The number of Topliss-reactive ketones (excluding diaryl/α,β-unsaturated/α-hetero) is 1. The van der Waals surface area contributed by atoms with Gasteiger partial charge < -0.3 is 15.2 Å². The van der Waals surface area contributed by atoms with Crippen LogP contribution in [0.3, 0.4) is 0 Å². The number of carbonyl (C=O) groups excluding carboxylic acids is 2. The quantitative estimate of drug-likeness (QED) is 0.749. The number of carbonyl (C=O) groups is 3. The summed E-state index contributed by atoms with van der Waals surface area (Å²) in [7, 11) is 1.54. The first-order valence-electron chi connectivity index (χ1n) is 7.18. The van der Waals surface area contributed by atoms with Gasteiger partial charge in [0.2, 0.25) is 5.91 Å². The Bertz CT molecular complexity index is 575. The Labute approximate surface area is 128 Å². The Morgan fingerprint density at radius 1 is 1.18 bits per heavy atom. The maximum absolute atomic E-state index is 12.0. The summed E-state index contributed by atoms with van der Waals surface area (Å²) in [6.07, 6.45) is 1.71. The lowest BCUT2D eigenvalue weighted by atomic mass is 9.76. The summed E-state index contributed by atoms with van der Waals surface area (Å²) in [6.45, 7) is 0. The molecule has 0 atom stereocenters. The second kappa shape index (κ2) is 6.60. The molecule has 0 saturated heterocycles. The number of nitrogens with one attached hydrogen (secondary N) is 1. The van der Waals surface area contributed by atoms with E-state index in [-0.39, 0.29) is 18.6 Å². The smallest absolute Gasteiger partial charge is 0.329 e. The van der Waals surface area contributed by atoms with Gasteiger partial charge in [0, 0.05) is 18.4 Å². The van der Waals surface area contributed by atoms with Crippen molar-refractivity contribution in [2.75, 3.05) is 7.11 Å². The van der Waals surface area contributed by atoms with Gasteiger partial charge in [0.15, 0.2) is 5.78 Å². The van der Waals surface area contributed by atoms with Crippen molar-refractivity contribution < 1.29 is 24.2 Å². The van der Waals surface area contributed by atoms with Gasteiger partial charge >= 0.3 is 5.97 Å². The van der Waals surface area contributed by atoms with Crippen LogP contribution in [0.15, 0.2) is 24.3 Å². The predicted octanol–water partition coefficient (Wildman–Crippen LogP) is 1.78. The highest BCUT2D eigenvalue weighted by atomic mass is 16.5. The molecule has 1 amide bonds. The summed E-state index contributed by atoms with van der Waals surface area (Å²) in [5, 5.41) is 11.7. The molecule has 1 saturated carbocycles. The number of methoxy groups -OCH3 is 1. The number of hydrogen-bond donors (Lipinski definition) is 2. The third-order valence-electron chi connectivity index (χ3n) is 3.99. The van der Waals surface area contributed by atoms with Crippen LogP contribution >= 0.6 is 0 Å². The van der Waals surface area contributed by atoms with Crippen LogP contribution < -0.4 is 10.1 Å². The van der Waals surface area contributed by atoms with E-state index in [2.05, 4.69) is 5.32 Å². The Morgan fingerprint density at radius 3 is 2.27 bits per heavy atom. The molecule has 118 valence electrons. The maximum Gasteiger partial charge on any atom is 0.329 e. The van der Waals surface area contributed by atoms with Gasteiger partial charge in [-0.1, -0.05) is 0 Å². The standard InChI is InChI=1S/C16H19NO5/c1-22-12-5-3-11(4-6-12)13(18)7-8-14(19)17-16(15(20)21)9-2-10-16/h3-6H,2,7-10H2,1H3,(H,17,19)(H,20,21).